The van der Waals surface area contributed by atoms with Crippen LogP contribution in [0, 0.1) is 5.92 Å². The van der Waals surface area contributed by atoms with Gasteiger partial charge >= 0.3 is 0 Å². The van der Waals surface area contributed by atoms with Crippen molar-refractivity contribution in [3.63, 3.8) is 0 Å². The zero-order valence-corrected chi connectivity index (χ0v) is 14.7. The molecule has 1 N–H and O–H groups in total. The van der Waals surface area contributed by atoms with Gasteiger partial charge in [-0.3, -0.25) is 4.79 Å². The molecule has 6 heteroatoms. The number of fused-ring (bicyclic) bond motifs is 1. The molecule has 0 aliphatic carbocycles. The van der Waals surface area contributed by atoms with Gasteiger partial charge in [0.25, 0.3) is 5.91 Å². The standard InChI is InChI=1S/C18H21NO4S/c1-21-11-15-5-6-17(24-15)18(20)19-9-12-7-13-3-4-14(22-2)8-16(13)23-10-12/h3-6,8,12H,7,9-11H2,1-2H3,(H,19,20)/t12-/m0/s1. The van der Waals surface area contributed by atoms with E-state index < -0.39 is 0 Å². The maximum Gasteiger partial charge on any atom is 0.261 e. The van der Waals surface area contributed by atoms with Crippen LogP contribution in [0.25, 0.3) is 0 Å². The number of ether oxygens (including phenoxy) is 3. The fourth-order valence-electron chi connectivity index (χ4n) is 2.72. The fourth-order valence-corrected chi connectivity index (χ4v) is 3.61. The summed E-state index contributed by atoms with van der Waals surface area (Å²) in [5.41, 5.74) is 1.15. The number of rotatable bonds is 6. The molecule has 5 nitrogen and oxygen atoms in total. The van der Waals surface area contributed by atoms with Gasteiger partial charge in [0.05, 0.1) is 25.2 Å². The molecule has 0 radical (unpaired) electrons. The molecule has 0 saturated heterocycles. The van der Waals surface area contributed by atoms with Crippen molar-refractivity contribution >= 4 is 17.2 Å². The SMILES string of the molecule is COCc1ccc(C(=O)NC[C@H]2COc3cc(OC)ccc3C2)s1. The Kier molecular flexibility index (Phi) is 5.37. The van der Waals surface area contributed by atoms with E-state index in [0.29, 0.717) is 24.6 Å². The first kappa shape index (κ1) is 16.8. The molecule has 0 fully saturated rings. The molecular weight excluding hydrogens is 326 g/mol. The maximum atomic E-state index is 12.2. The Morgan fingerprint density at radius 2 is 2.21 bits per heavy atom. The van der Waals surface area contributed by atoms with Gasteiger partial charge in [-0.2, -0.15) is 0 Å². The fraction of sp³-hybridized carbons (Fsp3) is 0.389. The zero-order valence-electron chi connectivity index (χ0n) is 13.8. The highest BCUT2D eigenvalue weighted by Crippen LogP contribution is 2.30. The number of methoxy groups -OCH3 is 2. The summed E-state index contributed by atoms with van der Waals surface area (Å²) in [5, 5.41) is 3.00. The van der Waals surface area contributed by atoms with E-state index in [1.54, 1.807) is 14.2 Å². The van der Waals surface area contributed by atoms with Crippen LogP contribution in [-0.2, 0) is 17.8 Å². The van der Waals surface area contributed by atoms with E-state index in [9.17, 15) is 4.79 Å². The van der Waals surface area contributed by atoms with Crippen LogP contribution in [0.4, 0.5) is 0 Å². The number of carbonyl (C=O) groups is 1. The minimum Gasteiger partial charge on any atom is -0.497 e. The Hall–Kier alpha value is -2.05. The van der Waals surface area contributed by atoms with Gasteiger partial charge in [-0.25, -0.2) is 0 Å². The third-order valence-corrected chi connectivity index (χ3v) is 5.04. The van der Waals surface area contributed by atoms with Crippen LogP contribution >= 0.6 is 11.3 Å². The average Bonchev–Trinajstić information content (AvgIpc) is 3.08. The average molecular weight is 347 g/mol. The van der Waals surface area contributed by atoms with Crippen LogP contribution < -0.4 is 14.8 Å². The van der Waals surface area contributed by atoms with E-state index in [4.69, 9.17) is 14.2 Å². The molecule has 1 atom stereocenters. The molecule has 2 heterocycles. The predicted octanol–water partition coefficient (Wildman–Crippen LogP) is 2.88. The highest BCUT2D eigenvalue weighted by Gasteiger charge is 2.21. The first-order chi connectivity index (χ1) is 11.7. The van der Waals surface area contributed by atoms with E-state index in [-0.39, 0.29) is 11.8 Å². The molecule has 24 heavy (non-hydrogen) atoms. The lowest BCUT2D eigenvalue weighted by Gasteiger charge is -2.25. The van der Waals surface area contributed by atoms with Gasteiger partial charge < -0.3 is 19.5 Å². The van der Waals surface area contributed by atoms with E-state index in [1.165, 1.54) is 11.3 Å². The van der Waals surface area contributed by atoms with Crippen LogP contribution in [0.15, 0.2) is 30.3 Å². The summed E-state index contributed by atoms with van der Waals surface area (Å²) in [6, 6.07) is 9.64. The second-order valence-corrected chi connectivity index (χ2v) is 6.93. The lowest BCUT2D eigenvalue weighted by molar-refractivity contribution is 0.0943. The van der Waals surface area contributed by atoms with Crippen LogP contribution in [0.1, 0.15) is 20.1 Å². The lowest BCUT2D eigenvalue weighted by atomic mass is 9.96. The molecule has 1 aromatic carbocycles. The molecule has 3 rings (SSSR count). The minimum atomic E-state index is -0.0390. The monoisotopic (exact) mass is 347 g/mol. The number of carbonyl (C=O) groups excluding carboxylic acids is 1. The highest BCUT2D eigenvalue weighted by atomic mass is 32.1. The molecule has 1 aromatic heterocycles. The summed E-state index contributed by atoms with van der Waals surface area (Å²) in [4.78, 5) is 14.0. The van der Waals surface area contributed by atoms with Crippen molar-refractivity contribution in [1.82, 2.24) is 5.32 Å². The van der Waals surface area contributed by atoms with Gasteiger partial charge in [0, 0.05) is 30.5 Å². The quantitative estimate of drug-likeness (QED) is 0.873. The Bertz CT molecular complexity index is 713. The van der Waals surface area contributed by atoms with Crippen molar-refractivity contribution in [2.75, 3.05) is 27.4 Å². The van der Waals surface area contributed by atoms with Gasteiger partial charge in [0.15, 0.2) is 0 Å². The van der Waals surface area contributed by atoms with Crippen molar-refractivity contribution < 1.29 is 19.0 Å². The number of hydrogen-bond donors (Lipinski definition) is 1. The third kappa shape index (κ3) is 3.88. The van der Waals surface area contributed by atoms with Gasteiger partial charge in [-0.15, -0.1) is 11.3 Å². The molecule has 2 aromatic rings. The second kappa shape index (κ2) is 7.68. The molecule has 1 aliphatic heterocycles. The van der Waals surface area contributed by atoms with Gasteiger partial charge in [0.2, 0.25) is 0 Å². The largest absolute Gasteiger partial charge is 0.497 e. The Balaban J connectivity index is 1.54. The van der Waals surface area contributed by atoms with E-state index >= 15 is 0 Å². The third-order valence-electron chi connectivity index (χ3n) is 3.98. The summed E-state index contributed by atoms with van der Waals surface area (Å²) < 4.78 is 16.1. The first-order valence-corrected chi connectivity index (χ1v) is 8.67. The molecule has 0 unspecified atom stereocenters. The predicted molar refractivity (Wildman–Crippen MR) is 93.0 cm³/mol. The molecule has 1 amide bonds. The topological polar surface area (TPSA) is 56.8 Å². The first-order valence-electron chi connectivity index (χ1n) is 7.85. The number of nitrogens with one attached hydrogen (secondary N) is 1. The van der Waals surface area contributed by atoms with E-state index in [1.807, 2.05) is 30.3 Å². The highest BCUT2D eigenvalue weighted by molar-refractivity contribution is 7.14. The van der Waals surface area contributed by atoms with Crippen LogP contribution in [0.2, 0.25) is 0 Å². The molecular formula is C18H21NO4S. The molecule has 0 bridgehead atoms. The molecule has 0 spiro atoms. The van der Waals surface area contributed by atoms with Crippen molar-refractivity contribution in [3.05, 3.63) is 45.6 Å². The number of benzene rings is 1. The van der Waals surface area contributed by atoms with E-state index in [0.717, 1.165) is 28.4 Å². The van der Waals surface area contributed by atoms with E-state index in [2.05, 4.69) is 5.32 Å². The van der Waals surface area contributed by atoms with Crippen molar-refractivity contribution in [3.8, 4) is 11.5 Å². The van der Waals surface area contributed by atoms with Crippen LogP contribution in [-0.4, -0.2) is 33.3 Å². The van der Waals surface area contributed by atoms with Crippen molar-refractivity contribution in [1.29, 1.82) is 0 Å². The summed E-state index contributed by atoms with van der Waals surface area (Å²) >= 11 is 1.46. The van der Waals surface area contributed by atoms with Gasteiger partial charge in [-0.05, 0) is 30.2 Å². The summed E-state index contributed by atoms with van der Waals surface area (Å²) in [5.74, 6) is 1.90. The molecule has 0 saturated carbocycles. The smallest absolute Gasteiger partial charge is 0.261 e. The second-order valence-electron chi connectivity index (χ2n) is 5.76. The number of amides is 1. The normalized spacial score (nSPS) is 16.2. The molecule has 1 aliphatic rings. The Labute approximate surface area is 145 Å². The van der Waals surface area contributed by atoms with Gasteiger partial charge in [-0.1, -0.05) is 6.07 Å². The Morgan fingerprint density at radius 1 is 1.33 bits per heavy atom. The number of thiophene rings is 1. The Morgan fingerprint density at radius 3 is 3.00 bits per heavy atom. The van der Waals surface area contributed by atoms with Gasteiger partial charge in [0.1, 0.15) is 11.5 Å². The summed E-state index contributed by atoms with van der Waals surface area (Å²) in [6.07, 6.45) is 0.888. The maximum absolute atomic E-state index is 12.2. The van der Waals surface area contributed by atoms with Crippen LogP contribution in [0.5, 0.6) is 11.5 Å². The minimum absolute atomic E-state index is 0.0390. The lowest BCUT2D eigenvalue weighted by Crippen LogP contribution is -2.34. The van der Waals surface area contributed by atoms with Crippen molar-refractivity contribution in [2.45, 2.75) is 13.0 Å². The van der Waals surface area contributed by atoms with Crippen molar-refractivity contribution in [2.24, 2.45) is 5.92 Å². The zero-order chi connectivity index (χ0) is 16.9. The summed E-state index contributed by atoms with van der Waals surface area (Å²) in [6.45, 7) is 1.73. The molecule has 128 valence electrons. The summed E-state index contributed by atoms with van der Waals surface area (Å²) in [7, 11) is 3.29. The number of hydrogen-bond acceptors (Lipinski definition) is 5. The van der Waals surface area contributed by atoms with Crippen LogP contribution in [0.3, 0.4) is 0 Å².